The van der Waals surface area contributed by atoms with Crippen LogP contribution in [0.4, 0.5) is 11.4 Å². The molecule has 0 saturated carbocycles. The number of nitrogens with two attached hydrogens (primary N) is 1. The summed E-state index contributed by atoms with van der Waals surface area (Å²) in [5, 5.41) is 0. The lowest BCUT2D eigenvalue weighted by atomic mass is 10.1. The summed E-state index contributed by atoms with van der Waals surface area (Å²) in [5.41, 5.74) is 9.07. The van der Waals surface area contributed by atoms with Crippen molar-refractivity contribution in [3.05, 3.63) is 47.0 Å². The molecule has 0 bridgehead atoms. The third-order valence-electron chi connectivity index (χ3n) is 4.85. The number of hydrogen-bond donors (Lipinski definition) is 1. The summed E-state index contributed by atoms with van der Waals surface area (Å²) in [6.07, 6.45) is 0.178. The molecule has 0 spiro atoms. The minimum absolute atomic E-state index is 0.178. The van der Waals surface area contributed by atoms with Crippen LogP contribution < -0.4 is 10.6 Å². The molecular formula is C21H28N2O4S. The highest BCUT2D eigenvalue weighted by Crippen LogP contribution is 2.35. The van der Waals surface area contributed by atoms with E-state index in [-0.39, 0.29) is 22.2 Å². The number of rotatable bonds is 7. The Morgan fingerprint density at radius 3 is 2.39 bits per heavy atom. The van der Waals surface area contributed by atoms with Crippen molar-refractivity contribution in [1.82, 2.24) is 0 Å². The first kappa shape index (κ1) is 21.8. The van der Waals surface area contributed by atoms with E-state index in [0.717, 1.165) is 5.56 Å². The molecule has 0 aliphatic heterocycles. The van der Waals surface area contributed by atoms with E-state index in [4.69, 9.17) is 10.5 Å². The second-order valence-corrected chi connectivity index (χ2v) is 8.66. The van der Waals surface area contributed by atoms with Gasteiger partial charge in [0.2, 0.25) is 9.84 Å². The van der Waals surface area contributed by atoms with Gasteiger partial charge < -0.3 is 15.4 Å². The van der Waals surface area contributed by atoms with Gasteiger partial charge in [0.1, 0.15) is 0 Å². The molecule has 2 N–H and O–H groups in total. The molecular weight excluding hydrogens is 376 g/mol. The van der Waals surface area contributed by atoms with Gasteiger partial charge >= 0.3 is 5.97 Å². The van der Waals surface area contributed by atoms with Gasteiger partial charge in [-0.2, -0.15) is 0 Å². The maximum atomic E-state index is 13.6. The highest BCUT2D eigenvalue weighted by atomic mass is 32.2. The third-order valence-corrected chi connectivity index (χ3v) is 6.94. The zero-order valence-corrected chi connectivity index (χ0v) is 17.9. The molecule has 0 aliphatic rings. The van der Waals surface area contributed by atoms with Gasteiger partial charge in [0.25, 0.3) is 0 Å². The van der Waals surface area contributed by atoms with Gasteiger partial charge in [-0.1, -0.05) is 12.1 Å². The maximum Gasteiger partial charge on any atom is 0.307 e. The van der Waals surface area contributed by atoms with Gasteiger partial charge in [-0.15, -0.1) is 0 Å². The number of ether oxygens (including phenoxy) is 1. The zero-order chi connectivity index (χ0) is 21.1. The Morgan fingerprint density at radius 2 is 1.79 bits per heavy atom. The molecule has 7 heteroatoms. The van der Waals surface area contributed by atoms with Crippen LogP contribution in [0.5, 0.6) is 0 Å². The van der Waals surface area contributed by atoms with Crippen LogP contribution in [0.15, 0.2) is 40.1 Å². The van der Waals surface area contributed by atoms with E-state index in [9.17, 15) is 13.2 Å². The molecule has 0 unspecified atom stereocenters. The van der Waals surface area contributed by atoms with Crippen molar-refractivity contribution in [2.75, 3.05) is 30.8 Å². The van der Waals surface area contributed by atoms with Crippen LogP contribution in [-0.4, -0.2) is 34.6 Å². The number of hydrogen-bond acceptors (Lipinski definition) is 6. The molecule has 0 saturated heterocycles. The molecule has 2 rings (SSSR count). The van der Waals surface area contributed by atoms with Gasteiger partial charge in [0, 0.05) is 18.8 Å². The van der Waals surface area contributed by atoms with Crippen LogP contribution in [0.3, 0.4) is 0 Å². The molecule has 0 aliphatic carbocycles. The van der Waals surface area contributed by atoms with Crippen LogP contribution >= 0.6 is 0 Å². The van der Waals surface area contributed by atoms with E-state index in [2.05, 4.69) is 0 Å². The maximum absolute atomic E-state index is 13.6. The number of aryl methyl sites for hydroxylation is 3. The number of sulfone groups is 1. The molecule has 0 aromatic heterocycles. The van der Waals surface area contributed by atoms with Crippen molar-refractivity contribution >= 4 is 27.2 Å². The van der Waals surface area contributed by atoms with Crippen molar-refractivity contribution in [3.8, 4) is 0 Å². The summed E-state index contributed by atoms with van der Waals surface area (Å²) in [4.78, 5) is 14.0. The second-order valence-electron chi connectivity index (χ2n) is 6.81. The number of nitrogen functional groups attached to an aromatic ring is 1. The molecule has 2 aromatic carbocycles. The predicted molar refractivity (Wildman–Crippen MR) is 111 cm³/mol. The quantitative estimate of drug-likeness (QED) is 0.562. The summed E-state index contributed by atoms with van der Waals surface area (Å²) < 4.78 is 31.9. The fourth-order valence-corrected chi connectivity index (χ4v) is 5.22. The molecule has 0 amide bonds. The van der Waals surface area contributed by atoms with Gasteiger partial charge in [0.05, 0.1) is 29.0 Å². The first-order valence-corrected chi connectivity index (χ1v) is 10.6. The Kier molecular flexibility index (Phi) is 6.72. The Balaban J connectivity index is 2.62. The first-order chi connectivity index (χ1) is 13.1. The summed E-state index contributed by atoms with van der Waals surface area (Å²) in [6, 6.07) is 8.70. The van der Waals surface area contributed by atoms with Crippen molar-refractivity contribution < 1.29 is 17.9 Å². The number of esters is 1. The third kappa shape index (κ3) is 4.30. The van der Waals surface area contributed by atoms with E-state index in [1.165, 1.54) is 7.11 Å². The fraction of sp³-hybridized carbons (Fsp3) is 0.381. The monoisotopic (exact) mass is 404 g/mol. The molecule has 6 nitrogen and oxygen atoms in total. The van der Waals surface area contributed by atoms with Crippen LogP contribution in [0.1, 0.15) is 30.0 Å². The Hall–Kier alpha value is -2.54. The minimum Gasteiger partial charge on any atom is -0.469 e. The van der Waals surface area contributed by atoms with E-state index in [1.807, 2.05) is 17.9 Å². The lowest BCUT2D eigenvalue weighted by Gasteiger charge is -2.26. The zero-order valence-electron chi connectivity index (χ0n) is 17.1. The summed E-state index contributed by atoms with van der Waals surface area (Å²) >= 11 is 0. The normalized spacial score (nSPS) is 11.3. The minimum atomic E-state index is -3.78. The lowest BCUT2D eigenvalue weighted by Crippen LogP contribution is -2.28. The first-order valence-electron chi connectivity index (χ1n) is 9.16. The van der Waals surface area contributed by atoms with Crippen LogP contribution in [0.2, 0.25) is 0 Å². The lowest BCUT2D eigenvalue weighted by molar-refractivity contribution is -0.140. The van der Waals surface area contributed by atoms with Gasteiger partial charge in [-0.25, -0.2) is 8.42 Å². The Labute approximate surface area is 167 Å². The summed E-state index contributed by atoms with van der Waals surface area (Å²) in [6.45, 7) is 8.17. The smallest absolute Gasteiger partial charge is 0.307 e. The molecule has 0 heterocycles. The molecule has 0 atom stereocenters. The topological polar surface area (TPSA) is 89.7 Å². The van der Waals surface area contributed by atoms with Crippen LogP contribution in [0.25, 0.3) is 0 Å². The highest BCUT2D eigenvalue weighted by molar-refractivity contribution is 7.91. The predicted octanol–water partition coefficient (Wildman–Crippen LogP) is 3.42. The SMILES string of the molecule is CCN(CCC(=O)OC)c1cccc(C)c1S(=O)(=O)c1cc(C)c(N)cc1C. The van der Waals surface area contributed by atoms with Crippen LogP contribution in [-0.2, 0) is 19.4 Å². The average molecular weight is 405 g/mol. The van der Waals surface area contributed by atoms with Crippen LogP contribution in [0, 0.1) is 20.8 Å². The summed E-state index contributed by atoms with van der Waals surface area (Å²) in [7, 11) is -2.44. The van der Waals surface area contributed by atoms with Crippen molar-refractivity contribution in [2.45, 2.75) is 43.9 Å². The number of carbonyl (C=O) groups is 1. The molecule has 152 valence electrons. The molecule has 0 radical (unpaired) electrons. The van der Waals surface area contributed by atoms with Crippen molar-refractivity contribution in [1.29, 1.82) is 0 Å². The van der Waals surface area contributed by atoms with Gasteiger partial charge in [0.15, 0.2) is 0 Å². The summed E-state index contributed by atoms with van der Waals surface area (Å²) in [5.74, 6) is -0.333. The van der Waals surface area contributed by atoms with E-state index in [1.54, 1.807) is 45.0 Å². The molecule has 2 aromatic rings. The number of carbonyl (C=O) groups excluding carboxylic acids is 1. The highest BCUT2D eigenvalue weighted by Gasteiger charge is 2.27. The standard InChI is InChI=1S/C21H28N2O4S/c1-6-23(11-10-20(24)27-5)18-9-7-8-14(2)21(18)28(25,26)19-13-15(3)17(22)12-16(19)4/h7-9,12-13H,6,10-11,22H2,1-5H3. The number of anilines is 2. The number of benzene rings is 2. The fourth-order valence-electron chi connectivity index (χ4n) is 3.22. The van der Waals surface area contributed by atoms with E-state index >= 15 is 0 Å². The second kappa shape index (κ2) is 8.65. The number of nitrogens with zero attached hydrogens (tertiary/aromatic N) is 1. The van der Waals surface area contributed by atoms with Crippen molar-refractivity contribution in [2.24, 2.45) is 0 Å². The average Bonchev–Trinajstić information content (AvgIpc) is 2.64. The van der Waals surface area contributed by atoms with Gasteiger partial charge in [-0.3, -0.25) is 4.79 Å². The van der Waals surface area contributed by atoms with E-state index in [0.29, 0.717) is 35.6 Å². The van der Waals surface area contributed by atoms with Crippen molar-refractivity contribution in [3.63, 3.8) is 0 Å². The largest absolute Gasteiger partial charge is 0.469 e. The van der Waals surface area contributed by atoms with E-state index < -0.39 is 9.84 Å². The molecule has 0 fully saturated rings. The number of methoxy groups -OCH3 is 1. The molecule has 28 heavy (non-hydrogen) atoms. The Bertz CT molecular complexity index is 984. The Morgan fingerprint density at radius 1 is 1.11 bits per heavy atom. The van der Waals surface area contributed by atoms with Gasteiger partial charge in [-0.05, 0) is 62.6 Å².